The molecule has 0 unspecified atom stereocenters. The van der Waals surface area contributed by atoms with Gasteiger partial charge in [-0.3, -0.25) is 4.68 Å². The van der Waals surface area contributed by atoms with Gasteiger partial charge in [-0.05, 0) is 6.92 Å². The van der Waals surface area contributed by atoms with E-state index in [0.717, 1.165) is 0 Å². The molecule has 20 heavy (non-hydrogen) atoms. The van der Waals surface area contributed by atoms with E-state index < -0.39 is 11.9 Å². The van der Waals surface area contributed by atoms with Crippen LogP contribution in [0.4, 0.5) is 0 Å². The first-order valence-electron chi connectivity index (χ1n) is 5.83. The number of hydrogen-bond acceptors (Lipinski definition) is 6. The Hall–Kier alpha value is -2.77. The zero-order valence-corrected chi connectivity index (χ0v) is 10.7. The zero-order valence-electron chi connectivity index (χ0n) is 10.7. The maximum Gasteiger partial charge on any atom is 0.341 e. The van der Waals surface area contributed by atoms with E-state index in [9.17, 15) is 9.59 Å². The van der Waals surface area contributed by atoms with Crippen molar-refractivity contribution in [2.24, 2.45) is 0 Å². The molecule has 0 aromatic carbocycles. The van der Waals surface area contributed by atoms with Crippen molar-refractivity contribution < 1.29 is 19.4 Å². The molecular formula is C12H12N4O4. The van der Waals surface area contributed by atoms with Crippen molar-refractivity contribution in [3.05, 3.63) is 41.7 Å². The summed E-state index contributed by atoms with van der Waals surface area (Å²) in [6.07, 6.45) is 5.32. The molecule has 1 N–H and O–H groups in total. The molecule has 0 atom stereocenters. The van der Waals surface area contributed by atoms with Gasteiger partial charge in [0.05, 0.1) is 30.6 Å². The number of esters is 1. The molecule has 2 rings (SSSR count). The van der Waals surface area contributed by atoms with Crippen LogP contribution in [0.15, 0.2) is 24.9 Å². The van der Waals surface area contributed by atoms with Crippen LogP contribution in [0, 0.1) is 0 Å². The summed E-state index contributed by atoms with van der Waals surface area (Å²) < 4.78 is 6.26. The first-order valence-corrected chi connectivity index (χ1v) is 5.83. The van der Waals surface area contributed by atoms with Gasteiger partial charge in [0, 0.05) is 12.4 Å². The van der Waals surface area contributed by atoms with Crippen molar-refractivity contribution in [3.8, 4) is 0 Å². The van der Waals surface area contributed by atoms with Crippen LogP contribution in [-0.2, 0) is 11.3 Å². The number of carboxylic acids is 1. The number of ether oxygens (including phenoxy) is 1. The summed E-state index contributed by atoms with van der Waals surface area (Å²) in [5.74, 6) is -1.58. The molecule has 104 valence electrons. The second-order valence-electron chi connectivity index (χ2n) is 3.84. The molecule has 0 radical (unpaired) electrons. The third kappa shape index (κ3) is 2.97. The summed E-state index contributed by atoms with van der Waals surface area (Å²) >= 11 is 0. The first kappa shape index (κ1) is 13.7. The Labute approximate surface area is 114 Å². The van der Waals surface area contributed by atoms with E-state index in [1.54, 1.807) is 6.92 Å². The van der Waals surface area contributed by atoms with E-state index in [-0.39, 0.29) is 18.7 Å². The SMILES string of the molecule is CCOC(=O)c1cnn(Cc2ncncc2C(=O)O)c1. The van der Waals surface area contributed by atoms with Crippen molar-refractivity contribution in [1.82, 2.24) is 19.7 Å². The minimum Gasteiger partial charge on any atom is -0.478 e. The predicted molar refractivity (Wildman–Crippen MR) is 66.3 cm³/mol. The molecule has 8 heteroatoms. The van der Waals surface area contributed by atoms with Crippen molar-refractivity contribution in [2.75, 3.05) is 6.61 Å². The third-order valence-corrected chi connectivity index (χ3v) is 2.48. The molecular weight excluding hydrogens is 264 g/mol. The van der Waals surface area contributed by atoms with Gasteiger partial charge < -0.3 is 9.84 Å². The number of rotatable bonds is 5. The fraction of sp³-hybridized carbons (Fsp3) is 0.250. The number of carboxylic acid groups (broad SMARTS) is 1. The maximum atomic E-state index is 11.5. The Morgan fingerprint density at radius 3 is 2.90 bits per heavy atom. The molecule has 0 aliphatic heterocycles. The van der Waals surface area contributed by atoms with Crippen molar-refractivity contribution in [3.63, 3.8) is 0 Å². The van der Waals surface area contributed by atoms with Gasteiger partial charge in [0.2, 0.25) is 0 Å². The normalized spacial score (nSPS) is 10.2. The quantitative estimate of drug-likeness (QED) is 0.796. The van der Waals surface area contributed by atoms with Crippen LogP contribution in [0.1, 0.15) is 33.3 Å². The molecule has 0 amide bonds. The largest absolute Gasteiger partial charge is 0.478 e. The first-order chi connectivity index (χ1) is 9.61. The van der Waals surface area contributed by atoms with Crippen molar-refractivity contribution >= 4 is 11.9 Å². The molecule has 0 saturated heterocycles. The Bertz CT molecular complexity index is 638. The lowest BCUT2D eigenvalue weighted by Gasteiger charge is -2.04. The van der Waals surface area contributed by atoms with E-state index in [1.807, 2.05) is 0 Å². The lowest BCUT2D eigenvalue weighted by molar-refractivity contribution is 0.0525. The molecule has 2 heterocycles. The Morgan fingerprint density at radius 2 is 2.20 bits per heavy atom. The number of nitrogens with zero attached hydrogens (tertiary/aromatic N) is 4. The van der Waals surface area contributed by atoms with E-state index in [0.29, 0.717) is 11.3 Å². The van der Waals surface area contributed by atoms with Crippen LogP contribution in [0.25, 0.3) is 0 Å². The highest BCUT2D eigenvalue weighted by Crippen LogP contribution is 2.07. The highest BCUT2D eigenvalue weighted by Gasteiger charge is 2.14. The van der Waals surface area contributed by atoms with Gasteiger partial charge in [-0.15, -0.1) is 0 Å². The van der Waals surface area contributed by atoms with E-state index in [4.69, 9.17) is 9.84 Å². The van der Waals surface area contributed by atoms with E-state index in [1.165, 1.54) is 29.6 Å². The van der Waals surface area contributed by atoms with Gasteiger partial charge in [-0.25, -0.2) is 19.6 Å². The van der Waals surface area contributed by atoms with Crippen LogP contribution >= 0.6 is 0 Å². The number of hydrogen-bond donors (Lipinski definition) is 1. The van der Waals surface area contributed by atoms with Gasteiger partial charge in [0.1, 0.15) is 11.9 Å². The standard InChI is InChI=1S/C12H12N4O4/c1-2-20-12(19)8-3-15-16(5-8)6-10-9(11(17)18)4-13-7-14-10/h3-5,7H,2,6H2,1H3,(H,17,18). The Balaban J connectivity index is 2.19. The van der Waals surface area contributed by atoms with Crippen LogP contribution in [0.2, 0.25) is 0 Å². The molecule has 2 aromatic rings. The van der Waals surface area contributed by atoms with E-state index in [2.05, 4.69) is 15.1 Å². The van der Waals surface area contributed by atoms with Crippen molar-refractivity contribution in [1.29, 1.82) is 0 Å². The summed E-state index contributed by atoms with van der Waals surface area (Å²) in [4.78, 5) is 30.1. The lowest BCUT2D eigenvalue weighted by atomic mass is 10.2. The second kappa shape index (κ2) is 5.91. The van der Waals surface area contributed by atoms with Gasteiger partial charge >= 0.3 is 11.9 Å². The van der Waals surface area contributed by atoms with Gasteiger partial charge in [-0.2, -0.15) is 5.10 Å². The summed E-state index contributed by atoms with van der Waals surface area (Å²) in [5, 5.41) is 13.0. The van der Waals surface area contributed by atoms with Crippen LogP contribution in [-0.4, -0.2) is 43.4 Å². The molecule has 2 aromatic heterocycles. The van der Waals surface area contributed by atoms with Gasteiger partial charge in [0.25, 0.3) is 0 Å². The third-order valence-electron chi connectivity index (χ3n) is 2.48. The average Bonchev–Trinajstić information content (AvgIpc) is 2.88. The number of carbonyl (C=O) groups excluding carboxylic acids is 1. The Morgan fingerprint density at radius 1 is 1.40 bits per heavy atom. The topological polar surface area (TPSA) is 107 Å². The number of aromatic nitrogens is 4. The molecule has 8 nitrogen and oxygen atoms in total. The van der Waals surface area contributed by atoms with Gasteiger partial charge in [0.15, 0.2) is 0 Å². The molecule has 0 saturated carbocycles. The summed E-state index contributed by atoms with van der Waals surface area (Å²) in [7, 11) is 0. The van der Waals surface area contributed by atoms with Crippen LogP contribution < -0.4 is 0 Å². The highest BCUT2D eigenvalue weighted by atomic mass is 16.5. The monoisotopic (exact) mass is 276 g/mol. The predicted octanol–water partition coefficient (Wildman–Crippen LogP) is 0.596. The fourth-order valence-electron chi connectivity index (χ4n) is 1.58. The smallest absolute Gasteiger partial charge is 0.341 e. The van der Waals surface area contributed by atoms with Gasteiger partial charge in [-0.1, -0.05) is 0 Å². The molecule has 0 spiro atoms. The Kier molecular flexibility index (Phi) is 4.04. The minimum atomic E-state index is -1.11. The highest BCUT2D eigenvalue weighted by molar-refractivity contribution is 5.89. The zero-order chi connectivity index (χ0) is 14.5. The lowest BCUT2D eigenvalue weighted by Crippen LogP contribution is -2.10. The number of aromatic carboxylic acids is 1. The van der Waals surface area contributed by atoms with Crippen molar-refractivity contribution in [2.45, 2.75) is 13.5 Å². The van der Waals surface area contributed by atoms with Crippen LogP contribution in [0.5, 0.6) is 0 Å². The van der Waals surface area contributed by atoms with E-state index >= 15 is 0 Å². The molecule has 0 aliphatic carbocycles. The van der Waals surface area contributed by atoms with Crippen LogP contribution in [0.3, 0.4) is 0 Å². The second-order valence-corrected chi connectivity index (χ2v) is 3.84. The molecule has 0 aliphatic rings. The molecule has 0 fully saturated rings. The maximum absolute atomic E-state index is 11.5. The summed E-state index contributed by atoms with van der Waals surface area (Å²) in [6, 6.07) is 0. The fourth-order valence-corrected chi connectivity index (χ4v) is 1.58. The number of carbonyl (C=O) groups is 2. The molecule has 0 bridgehead atoms. The summed E-state index contributed by atoms with van der Waals surface area (Å²) in [5.41, 5.74) is 0.615. The minimum absolute atomic E-state index is 0.000634. The summed E-state index contributed by atoms with van der Waals surface area (Å²) in [6.45, 7) is 2.12. The average molecular weight is 276 g/mol.